The lowest BCUT2D eigenvalue weighted by Crippen LogP contribution is -2.36. The van der Waals surface area contributed by atoms with E-state index in [2.05, 4.69) is 53.4 Å². The van der Waals surface area contributed by atoms with E-state index in [4.69, 9.17) is 5.73 Å². The third-order valence-electron chi connectivity index (χ3n) is 2.39. The van der Waals surface area contributed by atoms with Gasteiger partial charge in [0.15, 0.2) is 18.9 Å². The van der Waals surface area contributed by atoms with E-state index in [1.807, 2.05) is 6.07 Å². The van der Waals surface area contributed by atoms with Crippen molar-refractivity contribution >= 4 is 0 Å². The maximum absolute atomic E-state index is 5.49. The quantitative estimate of drug-likeness (QED) is 0.748. The van der Waals surface area contributed by atoms with E-state index in [0.717, 1.165) is 6.54 Å². The van der Waals surface area contributed by atoms with E-state index in [1.165, 1.54) is 11.1 Å². The molecule has 2 aromatic rings. The van der Waals surface area contributed by atoms with Gasteiger partial charge in [0.05, 0.1) is 6.54 Å². The summed E-state index contributed by atoms with van der Waals surface area (Å²) in [6.07, 6.45) is 4.13. The summed E-state index contributed by atoms with van der Waals surface area (Å²) in [6.45, 7) is 1.55. The molecule has 0 radical (unpaired) electrons. The first-order valence-corrected chi connectivity index (χ1v) is 5.15. The summed E-state index contributed by atoms with van der Waals surface area (Å²) in [5, 5.41) is 0. The third kappa shape index (κ3) is 2.42. The summed E-state index contributed by atoms with van der Waals surface area (Å²) >= 11 is 0. The summed E-state index contributed by atoms with van der Waals surface area (Å²) < 4.78 is 2.09. The van der Waals surface area contributed by atoms with Gasteiger partial charge in [-0.05, 0) is 11.1 Å². The van der Waals surface area contributed by atoms with Crippen molar-refractivity contribution in [1.82, 2.24) is 0 Å². The van der Waals surface area contributed by atoms with Crippen LogP contribution in [0.3, 0.4) is 0 Å². The van der Waals surface area contributed by atoms with E-state index in [9.17, 15) is 0 Å². The topological polar surface area (TPSA) is 29.9 Å². The normalized spacial score (nSPS) is 10.2. The highest BCUT2D eigenvalue weighted by Gasteiger charge is 2.00. The minimum atomic E-state index is 0.676. The molecule has 0 saturated carbocycles. The van der Waals surface area contributed by atoms with Crippen LogP contribution in [0.5, 0.6) is 0 Å². The SMILES string of the molecule is NCC[n+]1ccc(-c2ccccc2)cc1. The molecule has 0 fully saturated rings. The summed E-state index contributed by atoms with van der Waals surface area (Å²) in [6, 6.07) is 14.6. The Morgan fingerprint density at radius 1 is 0.867 bits per heavy atom. The van der Waals surface area contributed by atoms with Crippen LogP contribution in [0.25, 0.3) is 11.1 Å². The Labute approximate surface area is 90.0 Å². The van der Waals surface area contributed by atoms with E-state index < -0.39 is 0 Å². The van der Waals surface area contributed by atoms with Gasteiger partial charge in [-0.25, -0.2) is 4.57 Å². The van der Waals surface area contributed by atoms with Gasteiger partial charge in [0, 0.05) is 12.1 Å². The first-order valence-electron chi connectivity index (χ1n) is 5.15. The maximum atomic E-state index is 5.49. The van der Waals surface area contributed by atoms with E-state index >= 15 is 0 Å². The molecule has 0 unspecified atom stereocenters. The highest BCUT2D eigenvalue weighted by Crippen LogP contribution is 2.16. The largest absolute Gasteiger partial charge is 0.325 e. The number of rotatable bonds is 3. The van der Waals surface area contributed by atoms with Crippen molar-refractivity contribution in [2.45, 2.75) is 6.54 Å². The van der Waals surface area contributed by atoms with Crippen LogP contribution in [0, 0.1) is 0 Å². The lowest BCUT2D eigenvalue weighted by molar-refractivity contribution is -0.694. The summed E-state index contributed by atoms with van der Waals surface area (Å²) in [5.74, 6) is 0. The van der Waals surface area contributed by atoms with Gasteiger partial charge in [0.1, 0.15) is 0 Å². The van der Waals surface area contributed by atoms with Crippen molar-refractivity contribution < 1.29 is 4.57 Å². The smallest absolute Gasteiger partial charge is 0.169 e. The molecule has 1 aromatic carbocycles. The second kappa shape index (κ2) is 4.71. The lowest BCUT2D eigenvalue weighted by atomic mass is 10.1. The van der Waals surface area contributed by atoms with Gasteiger partial charge in [-0.1, -0.05) is 30.3 Å². The van der Waals surface area contributed by atoms with E-state index in [1.54, 1.807) is 0 Å². The van der Waals surface area contributed by atoms with Gasteiger partial charge in [0.25, 0.3) is 0 Å². The van der Waals surface area contributed by atoms with Crippen molar-refractivity contribution in [3.8, 4) is 11.1 Å². The average molecular weight is 199 g/mol. The Bertz CT molecular complexity index is 406. The Balaban J connectivity index is 2.24. The van der Waals surface area contributed by atoms with E-state index in [0.29, 0.717) is 6.54 Å². The molecule has 0 saturated heterocycles. The number of nitrogens with two attached hydrogens (primary N) is 1. The Morgan fingerprint density at radius 3 is 2.07 bits per heavy atom. The van der Waals surface area contributed by atoms with Crippen LogP contribution >= 0.6 is 0 Å². The van der Waals surface area contributed by atoms with Crippen LogP contribution in [0.4, 0.5) is 0 Å². The highest BCUT2D eigenvalue weighted by atomic mass is 14.9. The van der Waals surface area contributed by atoms with Gasteiger partial charge >= 0.3 is 0 Å². The average Bonchev–Trinajstić information content (AvgIpc) is 2.32. The zero-order valence-corrected chi connectivity index (χ0v) is 8.63. The lowest BCUT2D eigenvalue weighted by Gasteiger charge is -1.99. The fourth-order valence-corrected chi connectivity index (χ4v) is 1.58. The first-order chi connectivity index (χ1) is 7.40. The van der Waals surface area contributed by atoms with Crippen LogP contribution in [0.15, 0.2) is 54.9 Å². The number of benzene rings is 1. The predicted octanol–water partition coefficient (Wildman–Crippen LogP) is 1.60. The minimum Gasteiger partial charge on any atom is -0.325 e. The molecule has 1 aromatic heterocycles. The van der Waals surface area contributed by atoms with Gasteiger partial charge in [-0.15, -0.1) is 0 Å². The fraction of sp³-hybridized carbons (Fsp3) is 0.154. The molecular weight excluding hydrogens is 184 g/mol. The minimum absolute atomic E-state index is 0.676. The third-order valence-corrected chi connectivity index (χ3v) is 2.39. The standard InChI is InChI=1S/C13H15N2/c14-8-11-15-9-6-13(7-10-15)12-4-2-1-3-5-12/h1-7,9-10H,8,11,14H2/q+1. The number of aromatic nitrogens is 1. The molecule has 76 valence electrons. The van der Waals surface area contributed by atoms with Crippen molar-refractivity contribution in [3.63, 3.8) is 0 Å². The van der Waals surface area contributed by atoms with Gasteiger partial charge < -0.3 is 5.73 Å². The summed E-state index contributed by atoms with van der Waals surface area (Å²) in [7, 11) is 0. The Kier molecular flexibility index (Phi) is 3.10. The first kappa shape index (κ1) is 9.87. The molecule has 2 rings (SSSR count). The molecule has 0 aliphatic heterocycles. The Morgan fingerprint density at radius 2 is 1.47 bits per heavy atom. The van der Waals surface area contributed by atoms with Crippen molar-refractivity contribution in [3.05, 3.63) is 54.9 Å². The van der Waals surface area contributed by atoms with Crippen LogP contribution in [-0.4, -0.2) is 6.54 Å². The number of hydrogen-bond donors (Lipinski definition) is 1. The molecule has 15 heavy (non-hydrogen) atoms. The van der Waals surface area contributed by atoms with Crippen LogP contribution in [0.2, 0.25) is 0 Å². The van der Waals surface area contributed by atoms with Crippen molar-refractivity contribution in [1.29, 1.82) is 0 Å². The molecule has 2 nitrogen and oxygen atoms in total. The summed E-state index contributed by atoms with van der Waals surface area (Å²) in [4.78, 5) is 0. The second-order valence-corrected chi connectivity index (χ2v) is 3.48. The zero-order chi connectivity index (χ0) is 10.5. The monoisotopic (exact) mass is 199 g/mol. The van der Waals surface area contributed by atoms with E-state index in [-0.39, 0.29) is 0 Å². The van der Waals surface area contributed by atoms with Gasteiger partial charge in [0.2, 0.25) is 0 Å². The van der Waals surface area contributed by atoms with Crippen molar-refractivity contribution in [2.75, 3.05) is 6.54 Å². The number of pyridine rings is 1. The number of hydrogen-bond acceptors (Lipinski definition) is 1. The van der Waals surface area contributed by atoms with Crippen LogP contribution in [0.1, 0.15) is 0 Å². The molecule has 1 heterocycles. The highest BCUT2D eigenvalue weighted by molar-refractivity contribution is 5.61. The predicted molar refractivity (Wildman–Crippen MR) is 61.1 cm³/mol. The Hall–Kier alpha value is -1.67. The zero-order valence-electron chi connectivity index (χ0n) is 8.63. The van der Waals surface area contributed by atoms with Gasteiger partial charge in [-0.2, -0.15) is 0 Å². The van der Waals surface area contributed by atoms with Crippen LogP contribution in [-0.2, 0) is 6.54 Å². The maximum Gasteiger partial charge on any atom is 0.169 e. The molecular formula is C13H15N2+. The molecule has 0 amide bonds. The number of nitrogens with zero attached hydrogens (tertiary/aromatic N) is 1. The summed E-state index contributed by atoms with van der Waals surface area (Å²) in [5.41, 5.74) is 7.98. The molecule has 0 atom stereocenters. The molecule has 0 aliphatic carbocycles. The molecule has 0 spiro atoms. The van der Waals surface area contributed by atoms with Gasteiger partial charge in [-0.3, -0.25) is 0 Å². The second-order valence-electron chi connectivity index (χ2n) is 3.48. The molecule has 2 N–H and O–H groups in total. The molecule has 2 heteroatoms. The van der Waals surface area contributed by atoms with Crippen LogP contribution < -0.4 is 10.3 Å². The molecule has 0 bridgehead atoms. The molecule has 0 aliphatic rings. The van der Waals surface area contributed by atoms with Crippen molar-refractivity contribution in [2.24, 2.45) is 5.73 Å². The fourth-order valence-electron chi connectivity index (χ4n) is 1.58.